The van der Waals surface area contributed by atoms with E-state index in [0.29, 0.717) is 24.8 Å². The van der Waals surface area contributed by atoms with Crippen LogP contribution < -0.4 is 10.5 Å². The van der Waals surface area contributed by atoms with Crippen molar-refractivity contribution >= 4 is 11.6 Å². The minimum absolute atomic E-state index is 0.135. The van der Waals surface area contributed by atoms with Gasteiger partial charge in [-0.3, -0.25) is 0 Å². The smallest absolute Gasteiger partial charge is 0.122 e. The van der Waals surface area contributed by atoms with Crippen molar-refractivity contribution in [2.75, 3.05) is 19.8 Å². The number of hydrogen-bond donors (Lipinski definition) is 1. The Labute approximate surface area is 114 Å². The van der Waals surface area contributed by atoms with Crippen LogP contribution in [0.5, 0.6) is 5.75 Å². The van der Waals surface area contributed by atoms with Crippen molar-refractivity contribution in [2.45, 2.75) is 32.8 Å². The molecule has 0 atom stereocenters. The molecule has 1 rings (SSSR count). The molecule has 0 aliphatic heterocycles. The third-order valence-corrected chi connectivity index (χ3v) is 2.55. The van der Waals surface area contributed by atoms with Gasteiger partial charge in [-0.1, -0.05) is 11.6 Å². The Bertz CT molecular complexity index is 375. The number of halogens is 1. The van der Waals surface area contributed by atoms with Gasteiger partial charge >= 0.3 is 0 Å². The fourth-order valence-corrected chi connectivity index (χ4v) is 1.73. The van der Waals surface area contributed by atoms with E-state index in [1.807, 2.05) is 39.0 Å². The Morgan fingerprint density at radius 3 is 2.56 bits per heavy atom. The first kappa shape index (κ1) is 15.3. The minimum Gasteiger partial charge on any atom is -0.491 e. The SMILES string of the molecule is CC(C)(C)OCCOc1ccc(Cl)cc1CCN. The molecule has 0 bridgehead atoms. The zero-order chi connectivity index (χ0) is 13.6. The summed E-state index contributed by atoms with van der Waals surface area (Å²) >= 11 is 5.95. The van der Waals surface area contributed by atoms with E-state index in [0.717, 1.165) is 17.7 Å². The van der Waals surface area contributed by atoms with E-state index in [1.54, 1.807) is 0 Å². The van der Waals surface area contributed by atoms with Gasteiger partial charge < -0.3 is 15.2 Å². The molecule has 0 aliphatic rings. The van der Waals surface area contributed by atoms with E-state index in [-0.39, 0.29) is 5.60 Å². The van der Waals surface area contributed by atoms with Gasteiger partial charge in [-0.2, -0.15) is 0 Å². The summed E-state index contributed by atoms with van der Waals surface area (Å²) in [7, 11) is 0. The van der Waals surface area contributed by atoms with Crippen LogP contribution in [0.3, 0.4) is 0 Å². The zero-order valence-corrected chi connectivity index (χ0v) is 12.1. The Balaban J connectivity index is 2.51. The van der Waals surface area contributed by atoms with E-state index in [2.05, 4.69) is 0 Å². The van der Waals surface area contributed by atoms with Crippen LogP contribution in [0.15, 0.2) is 18.2 Å². The van der Waals surface area contributed by atoms with E-state index < -0.39 is 0 Å². The molecule has 0 fully saturated rings. The quantitative estimate of drug-likeness (QED) is 0.809. The van der Waals surface area contributed by atoms with Crippen LogP contribution in [0.4, 0.5) is 0 Å². The average molecular weight is 272 g/mol. The van der Waals surface area contributed by atoms with Gasteiger partial charge in [-0.15, -0.1) is 0 Å². The first-order valence-corrected chi connectivity index (χ1v) is 6.55. The monoisotopic (exact) mass is 271 g/mol. The summed E-state index contributed by atoms with van der Waals surface area (Å²) in [4.78, 5) is 0. The lowest BCUT2D eigenvalue weighted by Gasteiger charge is -2.20. The molecular formula is C14H22ClNO2. The first-order valence-electron chi connectivity index (χ1n) is 6.17. The van der Waals surface area contributed by atoms with E-state index in [1.165, 1.54) is 0 Å². The molecule has 0 saturated heterocycles. The molecule has 3 nitrogen and oxygen atoms in total. The molecule has 4 heteroatoms. The molecule has 0 aromatic heterocycles. The second-order valence-corrected chi connectivity index (χ2v) is 5.54. The minimum atomic E-state index is -0.135. The van der Waals surface area contributed by atoms with Crippen LogP contribution in [0.25, 0.3) is 0 Å². The number of nitrogens with two attached hydrogens (primary N) is 1. The van der Waals surface area contributed by atoms with Gasteiger partial charge in [-0.25, -0.2) is 0 Å². The summed E-state index contributed by atoms with van der Waals surface area (Å²) in [6.07, 6.45) is 0.760. The Morgan fingerprint density at radius 1 is 1.22 bits per heavy atom. The lowest BCUT2D eigenvalue weighted by molar-refractivity contribution is -0.0163. The summed E-state index contributed by atoms with van der Waals surface area (Å²) < 4.78 is 11.3. The molecule has 18 heavy (non-hydrogen) atoms. The predicted octanol–water partition coefficient (Wildman–Crippen LogP) is 3.04. The maximum atomic E-state index is 5.95. The van der Waals surface area contributed by atoms with Crippen LogP contribution in [-0.4, -0.2) is 25.4 Å². The first-order chi connectivity index (χ1) is 8.42. The van der Waals surface area contributed by atoms with E-state index >= 15 is 0 Å². The van der Waals surface area contributed by atoms with Gasteiger partial charge in [-0.05, 0) is 57.5 Å². The van der Waals surface area contributed by atoms with Gasteiger partial charge in [0.25, 0.3) is 0 Å². The molecule has 1 aromatic rings. The highest BCUT2D eigenvalue weighted by Crippen LogP contribution is 2.23. The summed E-state index contributed by atoms with van der Waals surface area (Å²) in [5.41, 5.74) is 6.47. The Kier molecular flexibility index (Phi) is 5.93. The highest BCUT2D eigenvalue weighted by Gasteiger charge is 2.10. The van der Waals surface area contributed by atoms with Crippen LogP contribution in [0.1, 0.15) is 26.3 Å². The number of hydrogen-bond acceptors (Lipinski definition) is 3. The van der Waals surface area contributed by atoms with Crippen molar-refractivity contribution in [3.05, 3.63) is 28.8 Å². The van der Waals surface area contributed by atoms with Gasteiger partial charge in [0.15, 0.2) is 0 Å². The third kappa shape index (κ3) is 5.71. The molecule has 0 radical (unpaired) electrons. The second kappa shape index (κ2) is 6.98. The zero-order valence-electron chi connectivity index (χ0n) is 11.3. The molecule has 1 aromatic carbocycles. The molecule has 0 amide bonds. The standard InChI is InChI=1S/C14H22ClNO2/c1-14(2,3)18-9-8-17-13-5-4-12(15)10-11(13)6-7-16/h4-5,10H,6-9,16H2,1-3H3. The maximum Gasteiger partial charge on any atom is 0.122 e. The molecular weight excluding hydrogens is 250 g/mol. The maximum absolute atomic E-state index is 5.95. The van der Waals surface area contributed by atoms with Crippen molar-refractivity contribution in [3.8, 4) is 5.75 Å². The lowest BCUT2D eigenvalue weighted by Crippen LogP contribution is -2.22. The molecule has 0 heterocycles. The van der Waals surface area contributed by atoms with Crippen LogP contribution in [0.2, 0.25) is 5.02 Å². The predicted molar refractivity (Wildman–Crippen MR) is 75.4 cm³/mol. The summed E-state index contributed by atoms with van der Waals surface area (Å²) in [5, 5.41) is 0.705. The van der Waals surface area contributed by atoms with Crippen molar-refractivity contribution < 1.29 is 9.47 Å². The number of ether oxygens (including phenoxy) is 2. The van der Waals surface area contributed by atoms with Crippen LogP contribution >= 0.6 is 11.6 Å². The molecule has 102 valence electrons. The third-order valence-electron chi connectivity index (χ3n) is 2.31. The van der Waals surface area contributed by atoms with E-state index in [9.17, 15) is 0 Å². The Hall–Kier alpha value is -0.770. The van der Waals surface area contributed by atoms with Gasteiger partial charge in [0.1, 0.15) is 12.4 Å². The second-order valence-electron chi connectivity index (χ2n) is 5.10. The normalized spacial score (nSPS) is 11.6. The van der Waals surface area contributed by atoms with Crippen molar-refractivity contribution in [3.63, 3.8) is 0 Å². The summed E-state index contributed by atoms with van der Waals surface area (Å²) in [5.74, 6) is 0.836. The summed E-state index contributed by atoms with van der Waals surface area (Å²) in [6.45, 7) is 7.74. The van der Waals surface area contributed by atoms with Crippen LogP contribution in [-0.2, 0) is 11.2 Å². The van der Waals surface area contributed by atoms with Gasteiger partial charge in [0.05, 0.1) is 12.2 Å². The topological polar surface area (TPSA) is 44.5 Å². The van der Waals surface area contributed by atoms with Gasteiger partial charge in [0.2, 0.25) is 0 Å². The average Bonchev–Trinajstić information content (AvgIpc) is 2.26. The molecule has 0 unspecified atom stereocenters. The largest absolute Gasteiger partial charge is 0.491 e. The van der Waals surface area contributed by atoms with Gasteiger partial charge in [0, 0.05) is 5.02 Å². The van der Waals surface area contributed by atoms with Crippen LogP contribution in [0, 0.1) is 0 Å². The fraction of sp³-hybridized carbons (Fsp3) is 0.571. The van der Waals surface area contributed by atoms with Crippen molar-refractivity contribution in [1.29, 1.82) is 0 Å². The molecule has 0 saturated carbocycles. The Morgan fingerprint density at radius 2 is 1.94 bits per heavy atom. The van der Waals surface area contributed by atoms with Crippen molar-refractivity contribution in [1.82, 2.24) is 0 Å². The van der Waals surface area contributed by atoms with Crippen molar-refractivity contribution in [2.24, 2.45) is 5.73 Å². The number of benzene rings is 1. The highest BCUT2D eigenvalue weighted by molar-refractivity contribution is 6.30. The molecule has 0 spiro atoms. The number of rotatable bonds is 6. The fourth-order valence-electron chi connectivity index (χ4n) is 1.54. The highest BCUT2D eigenvalue weighted by atomic mass is 35.5. The van der Waals surface area contributed by atoms with E-state index in [4.69, 9.17) is 26.8 Å². The molecule has 2 N–H and O–H groups in total. The molecule has 0 aliphatic carbocycles. The summed E-state index contributed by atoms with van der Waals surface area (Å²) in [6, 6.07) is 5.60. The lowest BCUT2D eigenvalue weighted by atomic mass is 10.1.